The molecule has 0 bridgehead atoms. The Hall–Kier alpha value is -0.830. The smallest absolute Gasteiger partial charge is 0.0717 e. The van der Waals surface area contributed by atoms with E-state index in [9.17, 15) is 5.11 Å². The first-order valence-electron chi connectivity index (χ1n) is 6.79. The highest BCUT2D eigenvalue weighted by Crippen LogP contribution is 2.39. The molecule has 2 rings (SSSR count). The first-order chi connectivity index (χ1) is 8.05. The van der Waals surface area contributed by atoms with E-state index in [1.165, 1.54) is 6.42 Å². The first-order valence-corrected chi connectivity index (χ1v) is 6.79. The van der Waals surface area contributed by atoms with Gasteiger partial charge in [0.25, 0.3) is 0 Å². The van der Waals surface area contributed by atoms with Gasteiger partial charge in [-0.25, -0.2) is 0 Å². The molecule has 3 nitrogen and oxygen atoms in total. The van der Waals surface area contributed by atoms with Crippen LogP contribution in [0.5, 0.6) is 0 Å². The molecule has 1 fully saturated rings. The van der Waals surface area contributed by atoms with Gasteiger partial charge in [-0.05, 0) is 30.7 Å². The van der Waals surface area contributed by atoms with Crippen molar-refractivity contribution in [3.63, 3.8) is 0 Å². The number of hydrogen-bond donors (Lipinski definition) is 1. The molecule has 1 saturated carbocycles. The number of rotatable bonds is 3. The second-order valence-electron chi connectivity index (χ2n) is 5.64. The Morgan fingerprint density at radius 3 is 2.94 bits per heavy atom. The third kappa shape index (κ3) is 2.54. The van der Waals surface area contributed by atoms with Gasteiger partial charge in [0.2, 0.25) is 0 Å². The molecule has 1 aromatic heterocycles. The van der Waals surface area contributed by atoms with E-state index in [1.807, 2.05) is 10.9 Å². The Bertz CT molecular complexity index is 374. The van der Waals surface area contributed by atoms with Gasteiger partial charge in [-0.1, -0.05) is 26.7 Å². The van der Waals surface area contributed by atoms with E-state index in [1.54, 1.807) is 0 Å². The van der Waals surface area contributed by atoms with E-state index in [0.29, 0.717) is 11.8 Å². The molecule has 1 aliphatic rings. The van der Waals surface area contributed by atoms with Crippen LogP contribution < -0.4 is 0 Å². The fourth-order valence-electron chi connectivity index (χ4n) is 3.01. The van der Waals surface area contributed by atoms with Crippen LogP contribution in [0.15, 0.2) is 12.4 Å². The lowest BCUT2D eigenvalue weighted by atomic mass is 9.68. The van der Waals surface area contributed by atoms with Gasteiger partial charge in [-0.2, -0.15) is 5.10 Å². The molecule has 0 spiro atoms. The zero-order valence-corrected chi connectivity index (χ0v) is 11.2. The second kappa shape index (κ2) is 4.81. The molecule has 0 aliphatic heterocycles. The molecule has 0 amide bonds. The number of aryl methyl sites for hydroxylation is 1. The van der Waals surface area contributed by atoms with Crippen molar-refractivity contribution in [3.05, 3.63) is 18.0 Å². The molecule has 96 valence electrons. The minimum absolute atomic E-state index is 0.376. The molecule has 1 aliphatic carbocycles. The summed E-state index contributed by atoms with van der Waals surface area (Å²) in [6.07, 6.45) is 8.02. The van der Waals surface area contributed by atoms with Crippen molar-refractivity contribution in [2.24, 2.45) is 11.8 Å². The van der Waals surface area contributed by atoms with Crippen LogP contribution in [0.4, 0.5) is 0 Å². The molecular weight excluding hydrogens is 212 g/mol. The number of aromatic nitrogens is 2. The van der Waals surface area contributed by atoms with Crippen molar-refractivity contribution in [1.82, 2.24) is 9.78 Å². The minimum atomic E-state index is -0.529. The summed E-state index contributed by atoms with van der Waals surface area (Å²) in [4.78, 5) is 0. The zero-order valence-electron chi connectivity index (χ0n) is 11.2. The van der Waals surface area contributed by atoms with Gasteiger partial charge in [-0.3, -0.25) is 4.68 Å². The van der Waals surface area contributed by atoms with Crippen LogP contribution in [0.1, 0.15) is 45.6 Å². The predicted molar refractivity (Wildman–Crippen MR) is 68.7 cm³/mol. The summed E-state index contributed by atoms with van der Waals surface area (Å²) >= 11 is 0. The summed E-state index contributed by atoms with van der Waals surface area (Å²) in [5, 5.41) is 15.1. The summed E-state index contributed by atoms with van der Waals surface area (Å²) in [5.41, 5.74) is 0.634. The molecule has 17 heavy (non-hydrogen) atoms. The third-order valence-corrected chi connectivity index (χ3v) is 4.49. The van der Waals surface area contributed by atoms with Crippen LogP contribution in [0.3, 0.4) is 0 Å². The summed E-state index contributed by atoms with van der Waals surface area (Å²) in [6, 6.07) is 0. The summed E-state index contributed by atoms with van der Waals surface area (Å²) in [6.45, 7) is 7.42. The molecule has 3 heteroatoms. The van der Waals surface area contributed by atoms with E-state index >= 15 is 0 Å². The van der Waals surface area contributed by atoms with Crippen LogP contribution in [0.2, 0.25) is 0 Å². The molecule has 0 saturated heterocycles. The third-order valence-electron chi connectivity index (χ3n) is 4.49. The standard InChI is InChI=1S/C14H24N2O/c1-4-16-10-13(9-15-16)8-14(17)7-5-6-11(2)12(14)3/h9-12,17H,4-8H2,1-3H3. The van der Waals surface area contributed by atoms with Gasteiger partial charge in [0, 0.05) is 19.2 Å². The highest BCUT2D eigenvalue weighted by atomic mass is 16.3. The highest BCUT2D eigenvalue weighted by molar-refractivity contribution is 5.10. The maximum atomic E-state index is 10.8. The topological polar surface area (TPSA) is 38.0 Å². The van der Waals surface area contributed by atoms with Crippen LogP contribution in [0, 0.1) is 11.8 Å². The molecule has 1 heterocycles. The van der Waals surface area contributed by atoms with E-state index in [-0.39, 0.29) is 0 Å². The Kier molecular flexibility index (Phi) is 3.57. The molecule has 1 aromatic rings. The first kappa shape index (κ1) is 12.6. The van der Waals surface area contributed by atoms with Crippen LogP contribution >= 0.6 is 0 Å². The van der Waals surface area contributed by atoms with Crippen LogP contribution in [0.25, 0.3) is 0 Å². The van der Waals surface area contributed by atoms with E-state index in [0.717, 1.165) is 31.4 Å². The quantitative estimate of drug-likeness (QED) is 0.876. The number of hydrogen-bond acceptors (Lipinski definition) is 2. The average molecular weight is 236 g/mol. The minimum Gasteiger partial charge on any atom is -0.389 e. The van der Waals surface area contributed by atoms with Crippen molar-refractivity contribution in [2.75, 3.05) is 0 Å². The van der Waals surface area contributed by atoms with Gasteiger partial charge in [0.1, 0.15) is 0 Å². The Labute approximate surface area is 104 Å². The molecule has 1 N–H and O–H groups in total. The summed E-state index contributed by atoms with van der Waals surface area (Å²) in [5.74, 6) is 0.996. The molecule has 0 radical (unpaired) electrons. The van der Waals surface area contributed by atoms with Gasteiger partial charge in [0.15, 0.2) is 0 Å². The van der Waals surface area contributed by atoms with Crippen molar-refractivity contribution < 1.29 is 5.11 Å². The lowest BCUT2D eigenvalue weighted by Crippen LogP contribution is -2.44. The van der Waals surface area contributed by atoms with Crippen LogP contribution in [-0.4, -0.2) is 20.5 Å². The van der Waals surface area contributed by atoms with Gasteiger partial charge >= 0.3 is 0 Å². The molecule has 3 unspecified atom stereocenters. The van der Waals surface area contributed by atoms with Gasteiger partial charge < -0.3 is 5.11 Å². The Balaban J connectivity index is 2.10. The summed E-state index contributed by atoms with van der Waals surface area (Å²) in [7, 11) is 0. The Morgan fingerprint density at radius 2 is 2.29 bits per heavy atom. The monoisotopic (exact) mass is 236 g/mol. The second-order valence-corrected chi connectivity index (χ2v) is 5.64. The largest absolute Gasteiger partial charge is 0.389 e. The van der Waals surface area contributed by atoms with Crippen molar-refractivity contribution in [1.29, 1.82) is 0 Å². The van der Waals surface area contributed by atoms with E-state index in [4.69, 9.17) is 0 Å². The van der Waals surface area contributed by atoms with Crippen LogP contribution in [-0.2, 0) is 13.0 Å². The highest BCUT2D eigenvalue weighted by Gasteiger charge is 2.39. The number of aliphatic hydroxyl groups is 1. The maximum absolute atomic E-state index is 10.8. The number of nitrogens with zero attached hydrogens (tertiary/aromatic N) is 2. The summed E-state index contributed by atoms with van der Waals surface area (Å²) < 4.78 is 1.93. The molecular formula is C14H24N2O. The van der Waals surface area contributed by atoms with Gasteiger partial charge in [-0.15, -0.1) is 0 Å². The molecule has 0 aromatic carbocycles. The average Bonchev–Trinajstić information content (AvgIpc) is 2.73. The predicted octanol–water partition coefficient (Wildman–Crippen LogP) is 2.63. The lowest BCUT2D eigenvalue weighted by Gasteiger charge is -2.42. The van der Waals surface area contributed by atoms with E-state index in [2.05, 4.69) is 32.1 Å². The Morgan fingerprint density at radius 1 is 1.53 bits per heavy atom. The SMILES string of the molecule is CCn1cc(CC2(O)CCCC(C)C2C)cn1. The van der Waals surface area contributed by atoms with Crippen molar-refractivity contribution in [3.8, 4) is 0 Å². The fourth-order valence-corrected chi connectivity index (χ4v) is 3.01. The van der Waals surface area contributed by atoms with Crippen molar-refractivity contribution >= 4 is 0 Å². The molecule has 3 atom stereocenters. The van der Waals surface area contributed by atoms with E-state index < -0.39 is 5.60 Å². The normalized spacial score (nSPS) is 33.9. The van der Waals surface area contributed by atoms with Crippen molar-refractivity contribution in [2.45, 2.75) is 58.6 Å². The fraction of sp³-hybridized carbons (Fsp3) is 0.786. The van der Waals surface area contributed by atoms with Gasteiger partial charge in [0.05, 0.1) is 11.8 Å². The lowest BCUT2D eigenvalue weighted by molar-refractivity contribution is -0.0621. The maximum Gasteiger partial charge on any atom is 0.0717 e. The zero-order chi connectivity index (χ0) is 12.5.